The molecule has 3 aromatic carbocycles. The molecule has 0 spiro atoms. The van der Waals surface area contributed by atoms with Crippen molar-refractivity contribution in [3.8, 4) is 0 Å². The van der Waals surface area contributed by atoms with E-state index in [0.717, 1.165) is 17.8 Å². The standard InChI is InChI=1S/C24H22FN3O/c1-28(2)15-16-8-11-19(12-9-16)26-23(17-6-4-3-5-7-17)22-20-13-10-18(25)14-21(20)27-24(22)29/h3-14,26H,15H2,1-2H3,(H,27,29). The van der Waals surface area contributed by atoms with E-state index in [1.165, 1.54) is 17.7 Å². The summed E-state index contributed by atoms with van der Waals surface area (Å²) in [5.74, 6) is -0.628. The van der Waals surface area contributed by atoms with Gasteiger partial charge in [0.15, 0.2) is 0 Å². The monoisotopic (exact) mass is 387 g/mol. The topological polar surface area (TPSA) is 44.4 Å². The summed E-state index contributed by atoms with van der Waals surface area (Å²) in [6.45, 7) is 0.855. The Hall–Kier alpha value is -3.44. The van der Waals surface area contributed by atoms with Crippen LogP contribution >= 0.6 is 0 Å². The van der Waals surface area contributed by atoms with E-state index in [-0.39, 0.29) is 11.7 Å². The van der Waals surface area contributed by atoms with Crippen molar-refractivity contribution in [3.63, 3.8) is 0 Å². The largest absolute Gasteiger partial charge is 0.354 e. The van der Waals surface area contributed by atoms with Crippen molar-refractivity contribution in [2.45, 2.75) is 6.54 Å². The molecule has 0 bridgehead atoms. The van der Waals surface area contributed by atoms with Gasteiger partial charge in [-0.15, -0.1) is 0 Å². The van der Waals surface area contributed by atoms with Crippen LogP contribution in [0.2, 0.25) is 0 Å². The summed E-state index contributed by atoms with van der Waals surface area (Å²) in [6, 6.07) is 22.2. The van der Waals surface area contributed by atoms with Gasteiger partial charge in [-0.2, -0.15) is 0 Å². The van der Waals surface area contributed by atoms with Crippen molar-refractivity contribution in [2.75, 3.05) is 24.7 Å². The lowest BCUT2D eigenvalue weighted by atomic mass is 10.00. The molecule has 0 fully saturated rings. The molecule has 0 atom stereocenters. The molecule has 1 aliphatic heterocycles. The normalized spacial score (nSPS) is 14.6. The van der Waals surface area contributed by atoms with Gasteiger partial charge in [0.2, 0.25) is 0 Å². The number of anilines is 2. The molecule has 29 heavy (non-hydrogen) atoms. The van der Waals surface area contributed by atoms with Gasteiger partial charge < -0.3 is 15.5 Å². The number of carbonyl (C=O) groups is 1. The fourth-order valence-electron chi connectivity index (χ4n) is 3.48. The Morgan fingerprint density at radius 2 is 1.72 bits per heavy atom. The Labute approximate surface area is 169 Å². The van der Waals surface area contributed by atoms with Crippen molar-refractivity contribution in [1.82, 2.24) is 4.90 Å². The summed E-state index contributed by atoms with van der Waals surface area (Å²) in [7, 11) is 4.06. The molecule has 1 heterocycles. The van der Waals surface area contributed by atoms with Gasteiger partial charge in [-0.1, -0.05) is 42.5 Å². The minimum absolute atomic E-state index is 0.249. The first kappa shape index (κ1) is 18.9. The van der Waals surface area contributed by atoms with Crippen LogP contribution in [-0.2, 0) is 11.3 Å². The molecule has 4 nitrogen and oxygen atoms in total. The fraction of sp³-hybridized carbons (Fsp3) is 0.125. The summed E-state index contributed by atoms with van der Waals surface area (Å²) >= 11 is 0. The quantitative estimate of drug-likeness (QED) is 0.617. The number of benzene rings is 3. The highest BCUT2D eigenvalue weighted by Crippen LogP contribution is 2.37. The van der Waals surface area contributed by atoms with Gasteiger partial charge in [0.05, 0.1) is 17.0 Å². The smallest absolute Gasteiger partial charge is 0.258 e. The number of amides is 1. The molecule has 5 heteroatoms. The lowest BCUT2D eigenvalue weighted by Gasteiger charge is -2.16. The predicted octanol–water partition coefficient (Wildman–Crippen LogP) is 4.82. The van der Waals surface area contributed by atoms with E-state index in [4.69, 9.17) is 0 Å². The van der Waals surface area contributed by atoms with Crippen LogP contribution in [-0.4, -0.2) is 24.9 Å². The lowest BCUT2D eigenvalue weighted by Crippen LogP contribution is -2.11. The predicted molar refractivity (Wildman–Crippen MR) is 116 cm³/mol. The van der Waals surface area contributed by atoms with Crippen LogP contribution < -0.4 is 10.6 Å². The van der Waals surface area contributed by atoms with Crippen LogP contribution in [0.25, 0.3) is 11.3 Å². The summed E-state index contributed by atoms with van der Waals surface area (Å²) < 4.78 is 13.6. The molecule has 2 N–H and O–H groups in total. The number of nitrogens with zero attached hydrogens (tertiary/aromatic N) is 1. The maximum Gasteiger partial charge on any atom is 0.258 e. The van der Waals surface area contributed by atoms with Crippen LogP contribution in [0.15, 0.2) is 72.8 Å². The Balaban J connectivity index is 1.78. The summed E-state index contributed by atoms with van der Waals surface area (Å²) in [4.78, 5) is 14.9. The fourth-order valence-corrected chi connectivity index (χ4v) is 3.48. The molecule has 4 rings (SSSR count). The van der Waals surface area contributed by atoms with Crippen molar-refractivity contribution in [3.05, 3.63) is 95.3 Å². The Morgan fingerprint density at radius 3 is 2.41 bits per heavy atom. The van der Waals surface area contributed by atoms with Crippen molar-refractivity contribution < 1.29 is 9.18 Å². The maximum atomic E-state index is 13.6. The number of nitrogens with one attached hydrogen (secondary N) is 2. The third-order valence-corrected chi connectivity index (χ3v) is 4.76. The first-order valence-corrected chi connectivity index (χ1v) is 9.43. The van der Waals surface area contributed by atoms with Gasteiger partial charge in [0.1, 0.15) is 5.82 Å². The first-order chi connectivity index (χ1) is 14.0. The molecule has 0 aliphatic carbocycles. The van der Waals surface area contributed by atoms with Crippen molar-refractivity contribution in [1.29, 1.82) is 0 Å². The van der Waals surface area contributed by atoms with Crippen LogP contribution in [0, 0.1) is 5.82 Å². The second-order valence-corrected chi connectivity index (χ2v) is 7.32. The third kappa shape index (κ3) is 4.05. The van der Waals surface area contributed by atoms with Gasteiger partial charge >= 0.3 is 0 Å². The van der Waals surface area contributed by atoms with Crippen LogP contribution in [0.5, 0.6) is 0 Å². The Kier molecular flexibility index (Phi) is 5.14. The number of hydrogen-bond acceptors (Lipinski definition) is 3. The lowest BCUT2D eigenvalue weighted by molar-refractivity contribution is -0.110. The first-order valence-electron chi connectivity index (χ1n) is 9.43. The highest BCUT2D eigenvalue weighted by atomic mass is 19.1. The number of carbonyl (C=O) groups excluding carboxylic acids is 1. The van der Waals surface area contributed by atoms with E-state index in [1.807, 2.05) is 56.6 Å². The number of hydrogen-bond donors (Lipinski definition) is 2. The zero-order valence-corrected chi connectivity index (χ0v) is 16.4. The molecular weight excluding hydrogens is 365 g/mol. The third-order valence-electron chi connectivity index (χ3n) is 4.76. The Morgan fingerprint density at radius 1 is 1.00 bits per heavy atom. The van der Waals surface area contributed by atoms with Crippen molar-refractivity contribution >= 4 is 28.6 Å². The summed E-state index contributed by atoms with van der Waals surface area (Å²) in [6.07, 6.45) is 0. The molecule has 0 aromatic heterocycles. The second-order valence-electron chi connectivity index (χ2n) is 7.32. The maximum absolute atomic E-state index is 13.6. The highest BCUT2D eigenvalue weighted by Gasteiger charge is 2.28. The van der Waals surface area contributed by atoms with E-state index < -0.39 is 0 Å². The van der Waals surface area contributed by atoms with E-state index in [1.54, 1.807) is 6.07 Å². The van der Waals surface area contributed by atoms with E-state index >= 15 is 0 Å². The molecule has 0 radical (unpaired) electrons. The van der Waals surface area contributed by atoms with Gasteiger partial charge in [-0.25, -0.2) is 4.39 Å². The highest BCUT2D eigenvalue weighted by molar-refractivity contribution is 6.37. The molecule has 0 saturated heterocycles. The van der Waals surface area contributed by atoms with Crippen LogP contribution in [0.1, 0.15) is 16.7 Å². The summed E-state index contributed by atoms with van der Waals surface area (Å²) in [5.41, 5.74) is 5.33. The number of rotatable bonds is 5. The molecule has 1 aliphatic rings. The molecular formula is C24H22FN3O. The molecule has 146 valence electrons. The average Bonchev–Trinajstić information content (AvgIpc) is 3.02. The number of halogens is 1. The van der Waals surface area contributed by atoms with Gasteiger partial charge in [-0.3, -0.25) is 4.79 Å². The van der Waals surface area contributed by atoms with Gasteiger partial charge in [0.25, 0.3) is 5.91 Å². The zero-order chi connectivity index (χ0) is 20.4. The minimum Gasteiger partial charge on any atom is -0.354 e. The van der Waals surface area contributed by atoms with E-state index in [2.05, 4.69) is 27.7 Å². The van der Waals surface area contributed by atoms with Crippen LogP contribution in [0.3, 0.4) is 0 Å². The molecule has 3 aromatic rings. The van der Waals surface area contributed by atoms with Crippen molar-refractivity contribution in [2.24, 2.45) is 0 Å². The number of fused-ring (bicyclic) bond motifs is 1. The molecule has 1 amide bonds. The van der Waals surface area contributed by atoms with Gasteiger partial charge in [-0.05, 0) is 55.6 Å². The second kappa shape index (κ2) is 7.89. The van der Waals surface area contributed by atoms with Crippen LogP contribution in [0.4, 0.5) is 15.8 Å². The zero-order valence-electron chi connectivity index (χ0n) is 16.4. The molecule has 0 saturated carbocycles. The van der Waals surface area contributed by atoms with E-state index in [0.29, 0.717) is 22.5 Å². The summed E-state index contributed by atoms with van der Waals surface area (Å²) in [5, 5.41) is 6.19. The molecule has 0 unspecified atom stereocenters. The minimum atomic E-state index is -0.379. The average molecular weight is 387 g/mol. The Bertz CT molecular complexity index is 1070. The van der Waals surface area contributed by atoms with E-state index in [9.17, 15) is 9.18 Å². The SMILES string of the molecule is CN(C)Cc1ccc(NC(=C2C(=O)Nc3cc(F)ccc32)c2ccccc2)cc1. The van der Waals surface area contributed by atoms with Gasteiger partial charge in [0, 0.05) is 17.8 Å².